The summed E-state index contributed by atoms with van der Waals surface area (Å²) in [6.45, 7) is 1.79. The lowest BCUT2D eigenvalue weighted by Crippen LogP contribution is -2.12. The topological polar surface area (TPSA) is 58.6 Å². The van der Waals surface area contributed by atoms with Crippen LogP contribution in [0.4, 0.5) is 5.69 Å². The molecule has 0 atom stereocenters. The first-order valence-corrected chi connectivity index (χ1v) is 6.81. The fraction of sp³-hybridized carbons (Fsp3) is 0.235. The maximum Gasteiger partial charge on any atom is 0.224 e. The van der Waals surface area contributed by atoms with Gasteiger partial charge in [0.1, 0.15) is 11.5 Å². The summed E-state index contributed by atoms with van der Waals surface area (Å²) in [5.41, 5.74) is 2.53. The van der Waals surface area contributed by atoms with Crippen molar-refractivity contribution in [1.82, 2.24) is 0 Å². The van der Waals surface area contributed by atoms with E-state index in [0.29, 0.717) is 18.5 Å². The van der Waals surface area contributed by atoms with Gasteiger partial charge in [-0.25, -0.2) is 0 Å². The number of carbonyl (C=O) groups is 1. The van der Waals surface area contributed by atoms with Gasteiger partial charge < -0.3 is 15.2 Å². The maximum absolute atomic E-state index is 11.9. The molecular formula is C17H19NO3. The quantitative estimate of drug-likeness (QED) is 0.829. The van der Waals surface area contributed by atoms with Crippen LogP contribution in [0.2, 0.25) is 0 Å². The summed E-state index contributed by atoms with van der Waals surface area (Å²) in [6, 6.07) is 12.7. The van der Waals surface area contributed by atoms with Crippen LogP contribution in [0.3, 0.4) is 0 Å². The van der Waals surface area contributed by atoms with E-state index in [0.717, 1.165) is 16.9 Å². The van der Waals surface area contributed by atoms with Crippen LogP contribution in [0.1, 0.15) is 17.5 Å². The number of amides is 1. The van der Waals surface area contributed by atoms with Gasteiger partial charge in [-0.2, -0.15) is 0 Å². The van der Waals surface area contributed by atoms with Gasteiger partial charge in [0.05, 0.1) is 7.11 Å². The van der Waals surface area contributed by atoms with Gasteiger partial charge >= 0.3 is 0 Å². The number of aromatic hydroxyl groups is 1. The number of hydrogen-bond acceptors (Lipinski definition) is 3. The van der Waals surface area contributed by atoms with Crippen LogP contribution >= 0.6 is 0 Å². The predicted molar refractivity (Wildman–Crippen MR) is 82.8 cm³/mol. The molecule has 0 aliphatic carbocycles. The number of carbonyl (C=O) groups excluding carboxylic acids is 1. The maximum atomic E-state index is 11.9. The van der Waals surface area contributed by atoms with Crippen LogP contribution in [-0.2, 0) is 11.2 Å². The molecule has 0 fully saturated rings. The smallest absolute Gasteiger partial charge is 0.224 e. The molecule has 0 aliphatic heterocycles. The van der Waals surface area contributed by atoms with Crippen molar-refractivity contribution >= 4 is 11.6 Å². The molecule has 4 heteroatoms. The standard InChI is InChI=1S/C17H19NO3/c1-12-11-14(6-9-16(12)19)18-17(20)10-5-13-3-7-15(21-2)8-4-13/h3-4,6-9,11,19H,5,10H2,1-2H3,(H,18,20). The molecule has 0 unspecified atom stereocenters. The van der Waals surface area contributed by atoms with E-state index in [-0.39, 0.29) is 11.7 Å². The molecule has 1 amide bonds. The zero-order chi connectivity index (χ0) is 15.2. The number of anilines is 1. The number of rotatable bonds is 5. The second-order valence-corrected chi connectivity index (χ2v) is 4.90. The third kappa shape index (κ3) is 4.24. The van der Waals surface area contributed by atoms with Gasteiger partial charge in [0.25, 0.3) is 0 Å². The van der Waals surface area contributed by atoms with Crippen molar-refractivity contribution in [1.29, 1.82) is 0 Å². The lowest BCUT2D eigenvalue weighted by Gasteiger charge is -2.07. The Labute approximate surface area is 124 Å². The molecule has 0 heterocycles. The van der Waals surface area contributed by atoms with Crippen molar-refractivity contribution in [2.24, 2.45) is 0 Å². The monoisotopic (exact) mass is 285 g/mol. The molecule has 0 aliphatic rings. The predicted octanol–water partition coefficient (Wildman–Crippen LogP) is 3.28. The van der Waals surface area contributed by atoms with E-state index in [4.69, 9.17) is 4.74 Å². The van der Waals surface area contributed by atoms with Gasteiger partial charge in [0.2, 0.25) is 5.91 Å². The zero-order valence-electron chi connectivity index (χ0n) is 12.2. The Morgan fingerprint density at radius 3 is 2.52 bits per heavy atom. The van der Waals surface area contributed by atoms with Crippen LogP contribution in [0, 0.1) is 6.92 Å². The van der Waals surface area contributed by atoms with Crippen LogP contribution < -0.4 is 10.1 Å². The minimum atomic E-state index is -0.0455. The highest BCUT2D eigenvalue weighted by atomic mass is 16.5. The van der Waals surface area contributed by atoms with Crippen LogP contribution in [0.15, 0.2) is 42.5 Å². The van der Waals surface area contributed by atoms with E-state index in [1.165, 1.54) is 0 Å². The number of benzene rings is 2. The lowest BCUT2D eigenvalue weighted by molar-refractivity contribution is -0.116. The second-order valence-electron chi connectivity index (χ2n) is 4.90. The molecule has 0 saturated carbocycles. The van der Waals surface area contributed by atoms with Crippen LogP contribution in [-0.4, -0.2) is 18.1 Å². The number of phenolic OH excluding ortho intramolecular Hbond substituents is 1. The summed E-state index contributed by atoms with van der Waals surface area (Å²) < 4.78 is 5.09. The fourth-order valence-corrected chi connectivity index (χ4v) is 2.01. The Kier molecular flexibility index (Phi) is 4.82. The fourth-order valence-electron chi connectivity index (χ4n) is 2.01. The largest absolute Gasteiger partial charge is 0.508 e. The first kappa shape index (κ1) is 14.9. The van der Waals surface area contributed by atoms with Crippen molar-refractivity contribution < 1.29 is 14.6 Å². The average molecular weight is 285 g/mol. The first-order chi connectivity index (χ1) is 10.1. The minimum Gasteiger partial charge on any atom is -0.508 e. The lowest BCUT2D eigenvalue weighted by atomic mass is 10.1. The first-order valence-electron chi connectivity index (χ1n) is 6.81. The van der Waals surface area contributed by atoms with Gasteiger partial charge in [0.15, 0.2) is 0 Å². The van der Waals surface area contributed by atoms with E-state index in [2.05, 4.69) is 5.32 Å². The van der Waals surface area contributed by atoms with Crippen molar-refractivity contribution in [3.8, 4) is 11.5 Å². The number of hydrogen-bond donors (Lipinski definition) is 2. The van der Waals surface area contributed by atoms with Crippen LogP contribution in [0.5, 0.6) is 11.5 Å². The minimum absolute atomic E-state index is 0.0455. The molecule has 2 aromatic rings. The Balaban J connectivity index is 1.87. The summed E-state index contributed by atoms with van der Waals surface area (Å²) in [5.74, 6) is 0.991. The highest BCUT2D eigenvalue weighted by Gasteiger charge is 2.05. The average Bonchev–Trinajstić information content (AvgIpc) is 2.49. The molecule has 2 aromatic carbocycles. The number of ether oxygens (including phenoxy) is 1. The van der Waals surface area contributed by atoms with E-state index >= 15 is 0 Å². The Bertz CT molecular complexity index is 620. The molecule has 0 bridgehead atoms. The van der Waals surface area contributed by atoms with E-state index in [9.17, 15) is 9.90 Å². The van der Waals surface area contributed by atoms with E-state index in [1.54, 1.807) is 32.2 Å². The van der Waals surface area contributed by atoms with E-state index < -0.39 is 0 Å². The van der Waals surface area contributed by atoms with Gasteiger partial charge in [-0.15, -0.1) is 0 Å². The van der Waals surface area contributed by atoms with Gasteiger partial charge in [-0.1, -0.05) is 12.1 Å². The molecule has 110 valence electrons. The van der Waals surface area contributed by atoms with Gasteiger partial charge in [-0.05, 0) is 54.8 Å². The molecule has 2 N–H and O–H groups in total. The Hall–Kier alpha value is -2.49. The summed E-state index contributed by atoms with van der Waals surface area (Å²) in [6.07, 6.45) is 1.08. The molecule has 21 heavy (non-hydrogen) atoms. The van der Waals surface area contributed by atoms with Crippen molar-refractivity contribution in [2.45, 2.75) is 19.8 Å². The highest BCUT2D eigenvalue weighted by molar-refractivity contribution is 5.91. The van der Waals surface area contributed by atoms with Crippen molar-refractivity contribution in [2.75, 3.05) is 12.4 Å². The highest BCUT2D eigenvalue weighted by Crippen LogP contribution is 2.20. The molecule has 2 rings (SSSR count). The van der Waals surface area contributed by atoms with E-state index in [1.807, 2.05) is 24.3 Å². The number of nitrogens with one attached hydrogen (secondary N) is 1. The summed E-state index contributed by atoms with van der Waals surface area (Å²) in [4.78, 5) is 11.9. The Morgan fingerprint density at radius 2 is 1.90 bits per heavy atom. The number of methoxy groups -OCH3 is 1. The zero-order valence-corrected chi connectivity index (χ0v) is 12.2. The molecular weight excluding hydrogens is 266 g/mol. The molecule has 4 nitrogen and oxygen atoms in total. The molecule has 0 saturated heterocycles. The summed E-state index contributed by atoms with van der Waals surface area (Å²) in [5, 5.41) is 12.3. The molecule has 0 radical (unpaired) electrons. The number of aryl methyl sites for hydroxylation is 2. The second kappa shape index (κ2) is 6.79. The molecule has 0 aromatic heterocycles. The summed E-state index contributed by atoms with van der Waals surface area (Å²) >= 11 is 0. The molecule has 0 spiro atoms. The third-order valence-electron chi connectivity index (χ3n) is 3.28. The number of phenols is 1. The van der Waals surface area contributed by atoms with Crippen molar-refractivity contribution in [3.05, 3.63) is 53.6 Å². The normalized spacial score (nSPS) is 10.2. The Morgan fingerprint density at radius 1 is 1.19 bits per heavy atom. The third-order valence-corrected chi connectivity index (χ3v) is 3.28. The van der Waals surface area contributed by atoms with Crippen LogP contribution in [0.25, 0.3) is 0 Å². The van der Waals surface area contributed by atoms with Crippen molar-refractivity contribution in [3.63, 3.8) is 0 Å². The van der Waals surface area contributed by atoms with Gasteiger partial charge in [-0.3, -0.25) is 4.79 Å². The van der Waals surface area contributed by atoms with Gasteiger partial charge in [0, 0.05) is 12.1 Å². The summed E-state index contributed by atoms with van der Waals surface area (Å²) in [7, 11) is 1.63. The SMILES string of the molecule is COc1ccc(CCC(=O)Nc2ccc(O)c(C)c2)cc1.